The maximum atomic E-state index is 11.8. The second kappa shape index (κ2) is 4.63. The molecule has 1 aliphatic rings. The van der Waals surface area contributed by atoms with Crippen LogP contribution in [-0.2, 0) is 0 Å². The summed E-state index contributed by atoms with van der Waals surface area (Å²) >= 11 is 1.56. The van der Waals surface area contributed by atoms with Gasteiger partial charge in [-0.1, -0.05) is 11.8 Å². The van der Waals surface area contributed by atoms with Gasteiger partial charge >= 0.3 is 6.18 Å². The maximum absolute atomic E-state index is 11.8. The average Bonchev–Trinajstić information content (AvgIpc) is 2.38. The third kappa shape index (κ3) is 5.30. The molecule has 15 heavy (non-hydrogen) atoms. The lowest BCUT2D eigenvalue weighted by molar-refractivity contribution is -0.134. The van der Waals surface area contributed by atoms with Crippen molar-refractivity contribution in [2.75, 3.05) is 12.3 Å². The molecule has 88 valence electrons. The summed E-state index contributed by atoms with van der Waals surface area (Å²) in [5.41, 5.74) is 0.00747. The second-order valence-corrected chi connectivity index (χ2v) is 5.17. The van der Waals surface area contributed by atoms with Crippen molar-refractivity contribution in [1.29, 1.82) is 0 Å². The minimum absolute atomic E-state index is 0.00747. The Hall–Kier alpha value is -0.390. The molecule has 1 saturated heterocycles. The molecule has 0 aliphatic carbocycles. The summed E-state index contributed by atoms with van der Waals surface area (Å²) < 4.78 is 35.4. The first-order valence-corrected chi connectivity index (χ1v) is 5.79. The summed E-state index contributed by atoms with van der Waals surface area (Å²) in [6.45, 7) is 4.32. The van der Waals surface area contributed by atoms with Crippen LogP contribution < -0.4 is 5.32 Å². The molecule has 0 aromatic rings. The standard InChI is InChI=1S/C9H15F3N2S/c1-8(2)6-15-7(14-8)13-5-3-4-9(10,11)12/h3-6H2,1-2H3,(H,13,14). The molecule has 1 aliphatic heterocycles. The van der Waals surface area contributed by atoms with Crippen LogP contribution in [0.1, 0.15) is 26.7 Å². The third-order valence-corrected chi connectivity index (χ3v) is 3.26. The van der Waals surface area contributed by atoms with Crippen molar-refractivity contribution in [3.63, 3.8) is 0 Å². The van der Waals surface area contributed by atoms with Crippen molar-refractivity contribution in [2.24, 2.45) is 4.99 Å². The minimum atomic E-state index is -4.06. The molecule has 6 heteroatoms. The van der Waals surface area contributed by atoms with Gasteiger partial charge in [0.1, 0.15) is 0 Å². The molecule has 0 spiro atoms. The first kappa shape index (κ1) is 12.7. The lowest BCUT2D eigenvalue weighted by Crippen LogP contribution is -2.36. The third-order valence-electron chi connectivity index (χ3n) is 1.89. The number of hydrogen-bond acceptors (Lipinski definition) is 2. The van der Waals surface area contributed by atoms with E-state index in [0.29, 0.717) is 0 Å². The lowest BCUT2D eigenvalue weighted by Gasteiger charge is -2.15. The van der Waals surface area contributed by atoms with Gasteiger partial charge in [-0.05, 0) is 20.3 Å². The predicted molar refractivity (Wildman–Crippen MR) is 57.3 cm³/mol. The van der Waals surface area contributed by atoms with E-state index in [-0.39, 0.29) is 18.5 Å². The monoisotopic (exact) mass is 240 g/mol. The van der Waals surface area contributed by atoms with Crippen LogP contribution in [0.2, 0.25) is 0 Å². The number of halogens is 3. The summed E-state index contributed by atoms with van der Waals surface area (Å²) in [4.78, 5) is 4.09. The molecule has 0 aromatic heterocycles. The molecule has 1 rings (SSSR count). The average molecular weight is 240 g/mol. The van der Waals surface area contributed by atoms with Crippen LogP contribution in [0.15, 0.2) is 4.99 Å². The van der Waals surface area contributed by atoms with Crippen LogP contribution in [-0.4, -0.2) is 29.2 Å². The Balaban J connectivity index is 2.23. The van der Waals surface area contributed by atoms with Gasteiger partial charge in [-0.2, -0.15) is 13.2 Å². The van der Waals surface area contributed by atoms with E-state index in [0.717, 1.165) is 10.9 Å². The van der Waals surface area contributed by atoms with E-state index in [1.165, 1.54) is 0 Å². The van der Waals surface area contributed by atoms with Crippen molar-refractivity contribution in [3.05, 3.63) is 0 Å². The molecule has 0 bridgehead atoms. The lowest BCUT2D eigenvalue weighted by atomic mass is 10.1. The molecule has 0 atom stereocenters. The highest BCUT2D eigenvalue weighted by molar-refractivity contribution is 8.14. The van der Waals surface area contributed by atoms with E-state index in [9.17, 15) is 13.2 Å². The number of thioether (sulfide) groups is 1. The fourth-order valence-electron chi connectivity index (χ4n) is 1.16. The second-order valence-electron chi connectivity index (χ2n) is 4.20. The number of hydrogen-bond donors (Lipinski definition) is 1. The predicted octanol–water partition coefficient (Wildman–Crippen LogP) is 2.80. The van der Waals surface area contributed by atoms with Gasteiger partial charge in [0.25, 0.3) is 0 Å². The summed E-state index contributed by atoms with van der Waals surface area (Å²) in [5, 5.41) is 3.93. The summed E-state index contributed by atoms with van der Waals surface area (Å²) in [7, 11) is 0. The van der Waals surface area contributed by atoms with E-state index < -0.39 is 12.6 Å². The number of alkyl halides is 3. The number of nitrogens with zero attached hydrogens (tertiary/aromatic N) is 1. The van der Waals surface area contributed by atoms with E-state index >= 15 is 0 Å². The van der Waals surface area contributed by atoms with E-state index in [1.54, 1.807) is 11.8 Å². The van der Waals surface area contributed by atoms with Gasteiger partial charge in [0.2, 0.25) is 0 Å². The van der Waals surface area contributed by atoms with E-state index in [4.69, 9.17) is 0 Å². The zero-order valence-electron chi connectivity index (χ0n) is 8.82. The summed E-state index contributed by atoms with van der Waals surface area (Å²) in [6, 6.07) is 0. The number of amidine groups is 1. The van der Waals surface area contributed by atoms with Crippen molar-refractivity contribution < 1.29 is 13.2 Å². The zero-order valence-corrected chi connectivity index (χ0v) is 9.63. The normalized spacial score (nSPS) is 23.1. The first-order chi connectivity index (χ1) is 6.79. The minimum Gasteiger partial charge on any atom is -0.359 e. The SMILES string of the molecule is CC1(C)CSC(=NCCCC(F)(F)F)N1. The maximum Gasteiger partial charge on any atom is 0.389 e. The van der Waals surface area contributed by atoms with Crippen molar-refractivity contribution >= 4 is 16.9 Å². The van der Waals surface area contributed by atoms with Gasteiger partial charge in [0, 0.05) is 24.3 Å². The molecule has 0 aromatic carbocycles. The van der Waals surface area contributed by atoms with Crippen molar-refractivity contribution in [2.45, 2.75) is 38.4 Å². The van der Waals surface area contributed by atoms with Crippen molar-refractivity contribution in [3.8, 4) is 0 Å². The Morgan fingerprint density at radius 1 is 1.47 bits per heavy atom. The number of aliphatic imine (C=N–C) groups is 1. The molecule has 1 fully saturated rings. The number of rotatable bonds is 3. The topological polar surface area (TPSA) is 24.4 Å². The van der Waals surface area contributed by atoms with Gasteiger partial charge < -0.3 is 5.32 Å². The molecule has 1 heterocycles. The molecule has 0 saturated carbocycles. The molecular weight excluding hydrogens is 225 g/mol. The highest BCUT2D eigenvalue weighted by Gasteiger charge is 2.28. The Morgan fingerprint density at radius 3 is 2.60 bits per heavy atom. The summed E-state index contributed by atoms with van der Waals surface area (Å²) in [6.07, 6.45) is -4.75. The zero-order chi connectivity index (χ0) is 11.5. The Bertz CT molecular complexity index is 248. The Morgan fingerprint density at radius 2 is 2.13 bits per heavy atom. The van der Waals surface area contributed by atoms with Crippen LogP contribution in [0.4, 0.5) is 13.2 Å². The van der Waals surface area contributed by atoms with Gasteiger partial charge in [0.15, 0.2) is 5.17 Å². The fourth-order valence-corrected chi connectivity index (χ4v) is 2.26. The molecule has 0 radical (unpaired) electrons. The van der Waals surface area contributed by atoms with Crippen molar-refractivity contribution in [1.82, 2.24) is 5.32 Å². The smallest absolute Gasteiger partial charge is 0.359 e. The molecule has 1 N–H and O–H groups in total. The quantitative estimate of drug-likeness (QED) is 0.767. The van der Waals surface area contributed by atoms with Crippen LogP contribution in [0.5, 0.6) is 0 Å². The van der Waals surface area contributed by atoms with Crippen LogP contribution >= 0.6 is 11.8 Å². The van der Waals surface area contributed by atoms with Crippen LogP contribution in [0.3, 0.4) is 0 Å². The Labute approximate surface area is 91.7 Å². The first-order valence-electron chi connectivity index (χ1n) is 4.81. The van der Waals surface area contributed by atoms with Crippen LogP contribution in [0.25, 0.3) is 0 Å². The van der Waals surface area contributed by atoms with Gasteiger partial charge in [-0.25, -0.2) is 0 Å². The van der Waals surface area contributed by atoms with Gasteiger partial charge in [0.05, 0.1) is 0 Å². The van der Waals surface area contributed by atoms with Gasteiger partial charge in [-0.15, -0.1) is 0 Å². The van der Waals surface area contributed by atoms with E-state index in [2.05, 4.69) is 10.3 Å². The summed E-state index contributed by atoms with van der Waals surface area (Å²) in [5.74, 6) is 0.908. The highest BCUT2D eigenvalue weighted by Crippen LogP contribution is 2.23. The van der Waals surface area contributed by atoms with Gasteiger partial charge in [-0.3, -0.25) is 4.99 Å². The molecule has 2 nitrogen and oxygen atoms in total. The molecular formula is C9H15F3N2S. The molecule has 0 unspecified atom stereocenters. The Kier molecular flexibility index (Phi) is 3.92. The largest absolute Gasteiger partial charge is 0.389 e. The number of nitrogens with one attached hydrogen (secondary N) is 1. The van der Waals surface area contributed by atoms with Crippen LogP contribution in [0, 0.1) is 0 Å². The highest BCUT2D eigenvalue weighted by atomic mass is 32.2. The fraction of sp³-hybridized carbons (Fsp3) is 0.889. The molecule has 0 amide bonds. The van der Waals surface area contributed by atoms with E-state index in [1.807, 2.05) is 13.8 Å².